The number of hydrogen-bond acceptors (Lipinski definition) is 1. The van der Waals surface area contributed by atoms with E-state index in [9.17, 15) is 0 Å². The number of aryl methyl sites for hydroxylation is 1. The standard InChI is InChI=1S/C9H10N/c1-3-8-6-4-5-7-9(8)10-2/h4-7,10H,3H2,1H3. The normalized spacial score (nSPS) is 9.40. The molecule has 0 aliphatic carbocycles. The monoisotopic (exact) mass is 132 g/mol. The summed E-state index contributed by atoms with van der Waals surface area (Å²) in [7, 11) is 6.94. The third-order valence-corrected chi connectivity index (χ3v) is 1.53. The van der Waals surface area contributed by atoms with Gasteiger partial charge in [0.2, 0.25) is 0 Å². The average Bonchev–Trinajstić information content (AvgIpc) is 2.04. The van der Waals surface area contributed by atoms with Gasteiger partial charge in [0, 0.05) is 5.69 Å². The Morgan fingerprint density at radius 3 is 2.60 bits per heavy atom. The van der Waals surface area contributed by atoms with Crippen LogP contribution in [0.25, 0.3) is 0 Å². The smallest absolute Gasteiger partial charge is 0.122 e. The van der Waals surface area contributed by atoms with Gasteiger partial charge in [-0.25, -0.2) is 0 Å². The van der Waals surface area contributed by atoms with Crippen LogP contribution in [0.1, 0.15) is 12.5 Å². The van der Waals surface area contributed by atoms with Gasteiger partial charge in [-0.1, -0.05) is 25.1 Å². The van der Waals surface area contributed by atoms with Gasteiger partial charge in [0.1, 0.15) is 7.05 Å². The molecule has 1 aromatic carbocycles. The summed E-state index contributed by atoms with van der Waals surface area (Å²) in [6.07, 6.45) is 0.974. The van der Waals surface area contributed by atoms with Gasteiger partial charge in [-0.15, -0.1) is 0 Å². The lowest BCUT2D eigenvalue weighted by Crippen LogP contribution is -1.90. The molecule has 0 saturated heterocycles. The molecule has 1 nitrogen and oxygen atoms in total. The molecule has 0 fully saturated rings. The first-order valence-electron chi connectivity index (χ1n) is 3.39. The van der Waals surface area contributed by atoms with Gasteiger partial charge < -0.3 is 5.32 Å². The maximum atomic E-state index is 6.94. The quantitative estimate of drug-likeness (QED) is 0.650. The highest BCUT2D eigenvalue weighted by molar-refractivity contribution is 5.51. The summed E-state index contributed by atoms with van der Waals surface area (Å²) in [6, 6.07) is 7.85. The van der Waals surface area contributed by atoms with Crippen molar-refractivity contribution in [2.45, 2.75) is 13.3 Å². The Labute approximate surface area is 62.1 Å². The van der Waals surface area contributed by atoms with Gasteiger partial charge in [-0.05, 0) is 18.1 Å². The van der Waals surface area contributed by atoms with E-state index in [-0.39, 0.29) is 0 Å². The number of benzene rings is 1. The van der Waals surface area contributed by atoms with E-state index in [0.29, 0.717) is 0 Å². The molecule has 1 heteroatoms. The van der Waals surface area contributed by atoms with Crippen molar-refractivity contribution in [2.75, 3.05) is 5.32 Å². The SMILES string of the molecule is [C]Nc1ccccc1CC. The molecule has 1 aromatic rings. The highest BCUT2D eigenvalue weighted by atomic mass is 14.8. The fourth-order valence-electron chi connectivity index (χ4n) is 0.951. The summed E-state index contributed by atoms with van der Waals surface area (Å²) in [4.78, 5) is 0. The zero-order valence-corrected chi connectivity index (χ0v) is 6.02. The first-order valence-corrected chi connectivity index (χ1v) is 3.39. The Balaban J connectivity index is 2.96. The van der Waals surface area contributed by atoms with Gasteiger partial charge in [0.15, 0.2) is 0 Å². The zero-order valence-electron chi connectivity index (χ0n) is 6.02. The average molecular weight is 132 g/mol. The number of para-hydroxylation sites is 1. The third kappa shape index (κ3) is 1.29. The van der Waals surface area contributed by atoms with E-state index >= 15 is 0 Å². The van der Waals surface area contributed by atoms with Gasteiger partial charge >= 0.3 is 0 Å². The van der Waals surface area contributed by atoms with E-state index in [2.05, 4.69) is 12.2 Å². The lowest BCUT2D eigenvalue weighted by Gasteiger charge is -2.03. The van der Waals surface area contributed by atoms with Crippen LogP contribution in [-0.4, -0.2) is 0 Å². The van der Waals surface area contributed by atoms with Crippen LogP contribution in [0.15, 0.2) is 24.3 Å². The molecule has 10 heavy (non-hydrogen) atoms. The molecule has 0 bridgehead atoms. The molecule has 0 spiro atoms. The molecule has 0 aliphatic rings. The van der Waals surface area contributed by atoms with E-state index in [1.165, 1.54) is 5.56 Å². The number of rotatable bonds is 2. The molecule has 0 atom stereocenters. The van der Waals surface area contributed by atoms with Crippen LogP contribution in [0.3, 0.4) is 0 Å². The Hall–Kier alpha value is -0.980. The first kappa shape index (κ1) is 7.13. The van der Waals surface area contributed by atoms with Gasteiger partial charge in [0.25, 0.3) is 0 Å². The second-order valence-electron chi connectivity index (χ2n) is 2.14. The van der Waals surface area contributed by atoms with Crippen LogP contribution < -0.4 is 5.32 Å². The van der Waals surface area contributed by atoms with Gasteiger partial charge in [0.05, 0.1) is 0 Å². The summed E-state index contributed by atoms with van der Waals surface area (Å²) < 4.78 is 0. The summed E-state index contributed by atoms with van der Waals surface area (Å²) in [5, 5.41) is 2.40. The summed E-state index contributed by atoms with van der Waals surface area (Å²) >= 11 is 0. The predicted molar refractivity (Wildman–Crippen MR) is 42.7 cm³/mol. The molecule has 0 saturated carbocycles. The van der Waals surface area contributed by atoms with Crippen molar-refractivity contribution < 1.29 is 0 Å². The topological polar surface area (TPSA) is 12.0 Å². The fraction of sp³-hybridized carbons (Fsp3) is 0.222. The second kappa shape index (κ2) is 3.25. The van der Waals surface area contributed by atoms with Crippen LogP contribution >= 0.6 is 0 Å². The third-order valence-electron chi connectivity index (χ3n) is 1.53. The van der Waals surface area contributed by atoms with Crippen LogP contribution in [0.5, 0.6) is 0 Å². The van der Waals surface area contributed by atoms with Crippen LogP contribution in [-0.2, 0) is 6.42 Å². The minimum atomic E-state index is 0.907. The van der Waals surface area contributed by atoms with Gasteiger partial charge in [-0.2, -0.15) is 0 Å². The summed E-state index contributed by atoms with van der Waals surface area (Å²) in [5.74, 6) is 0. The molecule has 3 radical (unpaired) electrons. The van der Waals surface area contributed by atoms with Gasteiger partial charge in [-0.3, -0.25) is 0 Å². The zero-order chi connectivity index (χ0) is 7.40. The van der Waals surface area contributed by atoms with E-state index in [1.807, 2.05) is 24.3 Å². The number of nitrogens with one attached hydrogen (secondary N) is 1. The van der Waals surface area contributed by atoms with Crippen molar-refractivity contribution in [3.8, 4) is 0 Å². The minimum Gasteiger partial charge on any atom is -0.372 e. The lowest BCUT2D eigenvalue weighted by molar-refractivity contribution is 1.14. The Morgan fingerprint density at radius 2 is 2.10 bits per heavy atom. The molecular weight excluding hydrogens is 122 g/mol. The van der Waals surface area contributed by atoms with Crippen molar-refractivity contribution in [2.24, 2.45) is 0 Å². The molecular formula is C9H10N. The minimum absolute atomic E-state index is 0.907. The molecule has 1 N–H and O–H groups in total. The lowest BCUT2D eigenvalue weighted by atomic mass is 10.1. The van der Waals surface area contributed by atoms with Crippen molar-refractivity contribution >= 4 is 5.69 Å². The van der Waals surface area contributed by atoms with Crippen molar-refractivity contribution in [3.63, 3.8) is 0 Å². The van der Waals surface area contributed by atoms with Crippen molar-refractivity contribution in [1.29, 1.82) is 0 Å². The molecule has 0 amide bonds. The molecule has 0 aliphatic heterocycles. The number of anilines is 1. The maximum Gasteiger partial charge on any atom is 0.122 e. The molecule has 0 aromatic heterocycles. The Bertz CT molecular complexity index is 183. The summed E-state index contributed by atoms with van der Waals surface area (Å²) in [6.45, 7) is 2.08. The number of hydrogen-bond donors (Lipinski definition) is 1. The van der Waals surface area contributed by atoms with Crippen LogP contribution in [0.2, 0.25) is 0 Å². The Kier molecular flexibility index (Phi) is 2.32. The highest BCUT2D eigenvalue weighted by Gasteiger charge is 1.93. The molecule has 0 heterocycles. The van der Waals surface area contributed by atoms with E-state index in [4.69, 9.17) is 7.05 Å². The largest absolute Gasteiger partial charge is 0.372 e. The molecule has 0 unspecified atom stereocenters. The van der Waals surface area contributed by atoms with Crippen molar-refractivity contribution in [3.05, 3.63) is 36.9 Å². The van der Waals surface area contributed by atoms with Crippen molar-refractivity contribution in [1.82, 2.24) is 0 Å². The van der Waals surface area contributed by atoms with E-state index < -0.39 is 0 Å². The predicted octanol–water partition coefficient (Wildman–Crippen LogP) is 2.21. The fourth-order valence-corrected chi connectivity index (χ4v) is 0.951. The first-order chi connectivity index (χ1) is 4.88. The van der Waals surface area contributed by atoms with Crippen LogP contribution in [0.4, 0.5) is 5.69 Å². The highest BCUT2D eigenvalue weighted by Crippen LogP contribution is 2.13. The van der Waals surface area contributed by atoms with E-state index in [0.717, 1.165) is 12.1 Å². The van der Waals surface area contributed by atoms with E-state index in [1.54, 1.807) is 0 Å². The summed E-state index contributed by atoms with van der Waals surface area (Å²) in [5.41, 5.74) is 2.10. The molecule has 51 valence electrons. The Morgan fingerprint density at radius 1 is 1.40 bits per heavy atom. The van der Waals surface area contributed by atoms with Crippen LogP contribution in [0, 0.1) is 7.05 Å². The maximum absolute atomic E-state index is 6.94. The second-order valence-corrected chi connectivity index (χ2v) is 2.14. The molecule has 1 rings (SSSR count).